The molecule has 0 spiro atoms. The molecular weight excluding hydrogens is 304 g/mol. The Morgan fingerprint density at radius 1 is 1.25 bits per heavy atom. The minimum atomic E-state index is -0.0126. The van der Waals surface area contributed by atoms with Gasteiger partial charge in [-0.05, 0) is 44.5 Å². The molecular formula is C18H28N4O2. The van der Waals surface area contributed by atoms with Crippen molar-refractivity contribution in [2.75, 3.05) is 32.8 Å². The molecule has 1 aromatic heterocycles. The minimum Gasteiger partial charge on any atom is -0.375 e. The average molecular weight is 332 g/mol. The number of morpholine rings is 1. The van der Waals surface area contributed by atoms with E-state index >= 15 is 0 Å². The summed E-state index contributed by atoms with van der Waals surface area (Å²) in [5.74, 6) is 0.182. The summed E-state index contributed by atoms with van der Waals surface area (Å²) in [4.78, 5) is 19.4. The largest absolute Gasteiger partial charge is 0.375 e. The number of hydrogen-bond acceptors (Lipinski definition) is 5. The SMILES string of the molecule is O=C(C[C@H]1CNCCO1)N(Cc1ccccn1)[C@@H]1CCCNCC1. The maximum atomic E-state index is 13.0. The summed E-state index contributed by atoms with van der Waals surface area (Å²) in [6.45, 7) is 4.91. The third-order valence-corrected chi connectivity index (χ3v) is 4.77. The number of aromatic nitrogens is 1. The molecule has 2 aliphatic rings. The van der Waals surface area contributed by atoms with E-state index in [1.54, 1.807) is 6.20 Å². The summed E-state index contributed by atoms with van der Waals surface area (Å²) >= 11 is 0. The normalized spacial score (nSPS) is 25.0. The van der Waals surface area contributed by atoms with Crippen LogP contribution in [-0.4, -0.2) is 60.7 Å². The van der Waals surface area contributed by atoms with Crippen molar-refractivity contribution in [3.8, 4) is 0 Å². The average Bonchev–Trinajstić information content (AvgIpc) is 2.90. The molecule has 0 unspecified atom stereocenters. The summed E-state index contributed by atoms with van der Waals surface area (Å²) in [5, 5.41) is 6.73. The van der Waals surface area contributed by atoms with Crippen LogP contribution in [0.25, 0.3) is 0 Å². The van der Waals surface area contributed by atoms with Crippen molar-refractivity contribution in [3.05, 3.63) is 30.1 Å². The van der Waals surface area contributed by atoms with Gasteiger partial charge in [0.1, 0.15) is 0 Å². The molecule has 2 N–H and O–H groups in total. The summed E-state index contributed by atoms with van der Waals surface area (Å²) in [6, 6.07) is 6.17. The van der Waals surface area contributed by atoms with Crippen molar-refractivity contribution < 1.29 is 9.53 Å². The lowest BCUT2D eigenvalue weighted by Gasteiger charge is -2.33. The molecule has 2 fully saturated rings. The maximum Gasteiger partial charge on any atom is 0.225 e. The fourth-order valence-corrected chi connectivity index (χ4v) is 3.46. The highest BCUT2D eigenvalue weighted by atomic mass is 16.5. The van der Waals surface area contributed by atoms with E-state index in [0.717, 1.165) is 51.1 Å². The molecule has 1 amide bonds. The smallest absolute Gasteiger partial charge is 0.225 e. The molecule has 2 aliphatic heterocycles. The van der Waals surface area contributed by atoms with Gasteiger partial charge in [0.15, 0.2) is 0 Å². The van der Waals surface area contributed by atoms with Gasteiger partial charge in [0.25, 0.3) is 0 Å². The van der Waals surface area contributed by atoms with Gasteiger partial charge in [-0.15, -0.1) is 0 Å². The number of pyridine rings is 1. The van der Waals surface area contributed by atoms with Crippen LogP contribution in [0.4, 0.5) is 0 Å². The fraction of sp³-hybridized carbons (Fsp3) is 0.667. The highest BCUT2D eigenvalue weighted by Gasteiger charge is 2.27. The Labute approximate surface area is 144 Å². The summed E-state index contributed by atoms with van der Waals surface area (Å²) in [6.07, 6.45) is 5.39. The first-order chi connectivity index (χ1) is 11.8. The van der Waals surface area contributed by atoms with Crippen molar-refractivity contribution >= 4 is 5.91 Å². The standard InChI is InChI=1S/C18H28N4O2/c23-18(12-17-13-20-10-11-24-17)22(14-15-4-1-2-8-21-15)16-5-3-7-19-9-6-16/h1-2,4,8,16-17,19-20H,3,5-7,9-14H2/t16-,17+/m1/s1. The fourth-order valence-electron chi connectivity index (χ4n) is 3.46. The molecule has 24 heavy (non-hydrogen) atoms. The molecule has 6 heteroatoms. The second kappa shape index (κ2) is 9.11. The Bertz CT molecular complexity index is 497. The minimum absolute atomic E-state index is 0.0126. The van der Waals surface area contributed by atoms with Crippen molar-refractivity contribution in [1.82, 2.24) is 20.5 Å². The van der Waals surface area contributed by atoms with Crippen LogP contribution in [0.3, 0.4) is 0 Å². The molecule has 1 aromatic rings. The van der Waals surface area contributed by atoms with Crippen molar-refractivity contribution in [3.63, 3.8) is 0 Å². The van der Waals surface area contributed by atoms with E-state index in [4.69, 9.17) is 4.74 Å². The van der Waals surface area contributed by atoms with E-state index in [1.807, 2.05) is 23.1 Å². The van der Waals surface area contributed by atoms with Gasteiger partial charge < -0.3 is 20.3 Å². The van der Waals surface area contributed by atoms with Crippen LogP contribution in [0.2, 0.25) is 0 Å². The summed E-state index contributed by atoms with van der Waals surface area (Å²) in [7, 11) is 0. The van der Waals surface area contributed by atoms with Gasteiger partial charge in [0, 0.05) is 25.3 Å². The molecule has 0 aliphatic carbocycles. The van der Waals surface area contributed by atoms with Gasteiger partial charge in [-0.1, -0.05) is 6.07 Å². The second-order valence-electron chi connectivity index (χ2n) is 6.58. The van der Waals surface area contributed by atoms with Gasteiger partial charge in [-0.25, -0.2) is 0 Å². The van der Waals surface area contributed by atoms with Crippen molar-refractivity contribution in [2.24, 2.45) is 0 Å². The number of rotatable bonds is 5. The predicted octanol–water partition coefficient (Wildman–Crippen LogP) is 0.931. The molecule has 0 bridgehead atoms. The molecule has 0 aromatic carbocycles. The number of carbonyl (C=O) groups is 1. The van der Waals surface area contributed by atoms with Crippen molar-refractivity contribution in [2.45, 2.75) is 44.4 Å². The lowest BCUT2D eigenvalue weighted by atomic mass is 10.1. The molecule has 3 heterocycles. The molecule has 2 saturated heterocycles. The molecule has 6 nitrogen and oxygen atoms in total. The molecule has 132 valence electrons. The van der Waals surface area contributed by atoms with Crippen LogP contribution >= 0.6 is 0 Å². The first kappa shape index (κ1) is 17.3. The molecule has 2 atom stereocenters. The first-order valence-electron chi connectivity index (χ1n) is 9.05. The van der Waals surface area contributed by atoms with Crippen molar-refractivity contribution in [1.29, 1.82) is 0 Å². The van der Waals surface area contributed by atoms with Crippen LogP contribution in [0.5, 0.6) is 0 Å². The third-order valence-electron chi connectivity index (χ3n) is 4.77. The van der Waals surface area contributed by atoms with Gasteiger partial charge >= 0.3 is 0 Å². The number of amides is 1. The van der Waals surface area contributed by atoms with E-state index in [9.17, 15) is 4.79 Å². The van der Waals surface area contributed by atoms with Gasteiger partial charge in [0.05, 0.1) is 31.4 Å². The zero-order valence-corrected chi connectivity index (χ0v) is 14.2. The number of nitrogens with zero attached hydrogens (tertiary/aromatic N) is 2. The van der Waals surface area contributed by atoms with Crippen LogP contribution in [-0.2, 0) is 16.1 Å². The molecule has 0 saturated carbocycles. The van der Waals surface area contributed by atoms with E-state index < -0.39 is 0 Å². The highest BCUT2D eigenvalue weighted by Crippen LogP contribution is 2.18. The van der Waals surface area contributed by atoms with E-state index in [1.165, 1.54) is 0 Å². The number of carbonyl (C=O) groups excluding carboxylic acids is 1. The van der Waals surface area contributed by atoms with Gasteiger partial charge in [-0.2, -0.15) is 0 Å². The number of hydrogen-bond donors (Lipinski definition) is 2. The Morgan fingerprint density at radius 2 is 2.21 bits per heavy atom. The van der Waals surface area contributed by atoms with Crippen LogP contribution in [0, 0.1) is 0 Å². The van der Waals surface area contributed by atoms with E-state index in [0.29, 0.717) is 19.6 Å². The van der Waals surface area contributed by atoms with Gasteiger partial charge in [-0.3, -0.25) is 9.78 Å². The van der Waals surface area contributed by atoms with Gasteiger partial charge in [0.2, 0.25) is 5.91 Å². The van der Waals surface area contributed by atoms with E-state index in [2.05, 4.69) is 15.6 Å². The summed E-state index contributed by atoms with van der Waals surface area (Å²) in [5.41, 5.74) is 0.950. The second-order valence-corrected chi connectivity index (χ2v) is 6.58. The topological polar surface area (TPSA) is 66.5 Å². The first-order valence-corrected chi connectivity index (χ1v) is 9.05. The molecule has 3 rings (SSSR count). The zero-order chi connectivity index (χ0) is 16.6. The van der Waals surface area contributed by atoms with Crippen LogP contribution in [0.1, 0.15) is 31.4 Å². The lowest BCUT2D eigenvalue weighted by molar-refractivity contribution is -0.138. The quantitative estimate of drug-likeness (QED) is 0.840. The Kier molecular flexibility index (Phi) is 6.57. The highest BCUT2D eigenvalue weighted by molar-refractivity contribution is 5.77. The zero-order valence-electron chi connectivity index (χ0n) is 14.2. The number of ether oxygens (including phenoxy) is 1. The monoisotopic (exact) mass is 332 g/mol. The summed E-state index contributed by atoms with van der Waals surface area (Å²) < 4.78 is 5.72. The Balaban J connectivity index is 1.68. The Morgan fingerprint density at radius 3 is 3.00 bits per heavy atom. The van der Waals surface area contributed by atoms with Crippen LogP contribution < -0.4 is 10.6 Å². The number of nitrogens with one attached hydrogen (secondary N) is 2. The molecule has 0 radical (unpaired) electrons. The van der Waals surface area contributed by atoms with Crippen LogP contribution in [0.15, 0.2) is 24.4 Å². The van der Waals surface area contributed by atoms with E-state index in [-0.39, 0.29) is 18.1 Å². The lowest BCUT2D eigenvalue weighted by Crippen LogP contribution is -2.45. The third kappa shape index (κ3) is 5.00. The maximum absolute atomic E-state index is 13.0. The predicted molar refractivity (Wildman–Crippen MR) is 92.5 cm³/mol. The Hall–Kier alpha value is -1.50.